The van der Waals surface area contributed by atoms with Crippen molar-refractivity contribution in [2.45, 2.75) is 30.6 Å². The van der Waals surface area contributed by atoms with E-state index in [1.54, 1.807) is 0 Å². The lowest BCUT2D eigenvalue weighted by Crippen LogP contribution is -2.42. The summed E-state index contributed by atoms with van der Waals surface area (Å²) in [6.07, 6.45) is 0. The number of non-ortho nitro benzene ring substituents is 1. The van der Waals surface area contributed by atoms with Crippen molar-refractivity contribution in [3.05, 3.63) is 39.9 Å². The predicted octanol–water partition coefficient (Wildman–Crippen LogP) is 2.21. The molecule has 10 nitrogen and oxygen atoms in total. The van der Waals surface area contributed by atoms with Crippen LogP contribution in [0, 0.1) is 10.1 Å². The van der Waals surface area contributed by atoms with Gasteiger partial charge in [-0.3, -0.25) is 30.6 Å². The summed E-state index contributed by atoms with van der Waals surface area (Å²) < 4.78 is 0.613. The van der Waals surface area contributed by atoms with Crippen LogP contribution in [0.25, 0.3) is 0 Å². The van der Waals surface area contributed by atoms with Gasteiger partial charge in [0.2, 0.25) is 11.0 Å². The van der Waals surface area contributed by atoms with Crippen molar-refractivity contribution >= 4 is 45.7 Å². The molecule has 0 unspecified atom stereocenters. The molecular formula is C15H18N6O4S2. The van der Waals surface area contributed by atoms with E-state index in [9.17, 15) is 19.7 Å². The van der Waals surface area contributed by atoms with Gasteiger partial charge < -0.3 is 5.32 Å². The number of benzene rings is 1. The smallest absolute Gasteiger partial charge is 0.270 e. The number of carbonyl (C=O) groups excluding carboxylic acids is 2. The van der Waals surface area contributed by atoms with E-state index in [2.05, 4.69) is 26.4 Å². The summed E-state index contributed by atoms with van der Waals surface area (Å²) >= 11 is 2.51. The number of nitro benzene ring substituents is 1. The second-order valence-electron chi connectivity index (χ2n) is 6.35. The van der Waals surface area contributed by atoms with Crippen molar-refractivity contribution in [2.75, 3.05) is 11.1 Å². The highest BCUT2D eigenvalue weighted by atomic mass is 32.2. The number of hydrogen-bond donors (Lipinski definition) is 3. The summed E-state index contributed by atoms with van der Waals surface area (Å²) in [7, 11) is 0. The molecule has 1 aromatic carbocycles. The standard InChI is InChI=1S/C15H18N6O4S2/c1-15(2,3)16-13-19-20-14(27-13)26-8-11(22)17-18-12(23)9-5-4-6-10(7-9)21(24)25/h4-7H,8H2,1-3H3,(H,16,19)(H,17,22)(H,18,23). The quantitative estimate of drug-likeness (QED) is 0.374. The monoisotopic (exact) mass is 410 g/mol. The van der Waals surface area contributed by atoms with Gasteiger partial charge in [0.05, 0.1) is 10.7 Å². The molecule has 2 amide bonds. The number of hydrazine groups is 1. The zero-order valence-corrected chi connectivity index (χ0v) is 16.4. The molecule has 1 aromatic heterocycles. The summed E-state index contributed by atoms with van der Waals surface area (Å²) in [6.45, 7) is 6.00. The first-order valence-electron chi connectivity index (χ1n) is 7.72. The Morgan fingerprint density at radius 3 is 2.67 bits per heavy atom. The first-order chi connectivity index (χ1) is 12.6. The van der Waals surface area contributed by atoms with E-state index in [1.807, 2.05) is 20.8 Å². The van der Waals surface area contributed by atoms with Gasteiger partial charge in [-0.15, -0.1) is 10.2 Å². The fourth-order valence-electron chi connectivity index (χ4n) is 1.76. The summed E-state index contributed by atoms with van der Waals surface area (Å²) in [6, 6.07) is 5.20. The van der Waals surface area contributed by atoms with Gasteiger partial charge >= 0.3 is 0 Å². The third kappa shape index (κ3) is 6.83. The number of rotatable bonds is 6. The number of thioether (sulfide) groups is 1. The number of nitro groups is 1. The fourth-order valence-corrected chi connectivity index (χ4v) is 3.52. The summed E-state index contributed by atoms with van der Waals surface area (Å²) in [5, 5.41) is 22.5. The third-order valence-corrected chi connectivity index (χ3v) is 4.82. The lowest BCUT2D eigenvalue weighted by atomic mass is 10.1. The van der Waals surface area contributed by atoms with E-state index < -0.39 is 16.7 Å². The van der Waals surface area contributed by atoms with Crippen molar-refractivity contribution in [2.24, 2.45) is 0 Å². The van der Waals surface area contributed by atoms with Crippen LogP contribution in [0.4, 0.5) is 10.8 Å². The molecular weight excluding hydrogens is 392 g/mol. The molecule has 1 heterocycles. The molecule has 0 spiro atoms. The van der Waals surface area contributed by atoms with Crippen LogP contribution in [0.2, 0.25) is 0 Å². The van der Waals surface area contributed by atoms with Gasteiger partial charge in [-0.1, -0.05) is 29.2 Å². The highest BCUT2D eigenvalue weighted by molar-refractivity contribution is 8.01. The van der Waals surface area contributed by atoms with Gasteiger partial charge in [0.1, 0.15) is 0 Å². The van der Waals surface area contributed by atoms with Crippen LogP contribution < -0.4 is 16.2 Å². The number of anilines is 1. The normalized spacial score (nSPS) is 10.9. The van der Waals surface area contributed by atoms with Crippen LogP contribution in [-0.4, -0.2) is 38.2 Å². The molecule has 0 aliphatic rings. The Labute approximate surface area is 163 Å². The molecule has 0 fully saturated rings. The van der Waals surface area contributed by atoms with Crippen LogP contribution in [0.1, 0.15) is 31.1 Å². The average molecular weight is 410 g/mol. The van der Waals surface area contributed by atoms with Crippen molar-refractivity contribution in [3.8, 4) is 0 Å². The van der Waals surface area contributed by atoms with Gasteiger partial charge in [-0.25, -0.2) is 0 Å². The molecule has 0 saturated carbocycles. The summed E-state index contributed by atoms with van der Waals surface area (Å²) in [5.41, 5.74) is 4.19. The minimum absolute atomic E-state index is 0.0272. The molecule has 27 heavy (non-hydrogen) atoms. The lowest BCUT2D eigenvalue weighted by Gasteiger charge is -2.18. The number of amides is 2. The summed E-state index contributed by atoms with van der Waals surface area (Å²) in [5.74, 6) is -1.07. The minimum Gasteiger partial charge on any atom is -0.355 e. The largest absolute Gasteiger partial charge is 0.355 e. The maximum Gasteiger partial charge on any atom is 0.270 e. The molecule has 0 atom stereocenters. The van der Waals surface area contributed by atoms with Crippen LogP contribution >= 0.6 is 23.1 Å². The number of carbonyl (C=O) groups is 2. The number of nitrogens with zero attached hydrogens (tertiary/aromatic N) is 3. The maximum absolute atomic E-state index is 12.0. The van der Waals surface area contributed by atoms with Crippen LogP contribution in [0.15, 0.2) is 28.6 Å². The maximum atomic E-state index is 12.0. The molecule has 144 valence electrons. The SMILES string of the molecule is CC(C)(C)Nc1nnc(SCC(=O)NNC(=O)c2cccc([N+](=O)[O-])c2)s1. The van der Waals surface area contributed by atoms with Gasteiger partial charge in [-0.2, -0.15) is 0 Å². The lowest BCUT2D eigenvalue weighted by molar-refractivity contribution is -0.384. The van der Waals surface area contributed by atoms with Crippen molar-refractivity contribution in [3.63, 3.8) is 0 Å². The second kappa shape index (κ2) is 8.77. The molecule has 2 aromatic rings. The van der Waals surface area contributed by atoms with E-state index in [1.165, 1.54) is 41.3 Å². The topological polar surface area (TPSA) is 139 Å². The van der Waals surface area contributed by atoms with E-state index >= 15 is 0 Å². The Hall–Kier alpha value is -2.73. The molecule has 0 aliphatic heterocycles. The molecule has 3 N–H and O–H groups in total. The van der Waals surface area contributed by atoms with Crippen molar-refractivity contribution in [1.82, 2.24) is 21.0 Å². The molecule has 0 radical (unpaired) electrons. The highest BCUT2D eigenvalue weighted by Gasteiger charge is 2.15. The molecule has 0 aliphatic carbocycles. The molecule has 12 heteroatoms. The minimum atomic E-state index is -0.648. The number of hydrogen-bond acceptors (Lipinski definition) is 9. The zero-order chi connectivity index (χ0) is 20.0. The first kappa shape index (κ1) is 20.6. The third-order valence-electron chi connectivity index (χ3n) is 2.85. The Kier molecular flexibility index (Phi) is 6.69. The van der Waals surface area contributed by atoms with Gasteiger partial charge in [-0.05, 0) is 26.8 Å². The van der Waals surface area contributed by atoms with Gasteiger partial charge in [0, 0.05) is 23.2 Å². The van der Waals surface area contributed by atoms with E-state index in [-0.39, 0.29) is 22.5 Å². The Balaban J connectivity index is 1.80. The molecule has 0 bridgehead atoms. The van der Waals surface area contributed by atoms with Crippen LogP contribution in [0.5, 0.6) is 0 Å². The Bertz CT molecular complexity index is 849. The van der Waals surface area contributed by atoms with Crippen molar-refractivity contribution < 1.29 is 14.5 Å². The van der Waals surface area contributed by atoms with Crippen LogP contribution in [0.3, 0.4) is 0 Å². The van der Waals surface area contributed by atoms with Crippen molar-refractivity contribution in [1.29, 1.82) is 0 Å². The first-order valence-corrected chi connectivity index (χ1v) is 9.52. The van der Waals surface area contributed by atoms with E-state index in [4.69, 9.17) is 0 Å². The average Bonchev–Trinajstić information content (AvgIpc) is 3.03. The second-order valence-corrected chi connectivity index (χ2v) is 8.55. The highest BCUT2D eigenvalue weighted by Crippen LogP contribution is 2.26. The Morgan fingerprint density at radius 1 is 1.26 bits per heavy atom. The fraction of sp³-hybridized carbons (Fsp3) is 0.333. The van der Waals surface area contributed by atoms with Gasteiger partial charge in [0.25, 0.3) is 11.6 Å². The summed E-state index contributed by atoms with van der Waals surface area (Å²) in [4.78, 5) is 33.9. The molecule has 0 saturated heterocycles. The zero-order valence-electron chi connectivity index (χ0n) is 14.8. The number of aromatic nitrogens is 2. The van der Waals surface area contributed by atoms with E-state index in [0.29, 0.717) is 9.47 Å². The Morgan fingerprint density at radius 2 is 2.00 bits per heavy atom. The van der Waals surface area contributed by atoms with Gasteiger partial charge in [0.15, 0.2) is 4.34 Å². The number of nitrogens with one attached hydrogen (secondary N) is 3. The predicted molar refractivity (Wildman–Crippen MR) is 103 cm³/mol. The molecule has 2 rings (SSSR count). The van der Waals surface area contributed by atoms with E-state index in [0.717, 1.165) is 6.07 Å². The van der Waals surface area contributed by atoms with Crippen LogP contribution in [-0.2, 0) is 4.79 Å².